The summed E-state index contributed by atoms with van der Waals surface area (Å²) in [5.41, 5.74) is -0.203. The third-order valence-electron chi connectivity index (χ3n) is 2.60. The second kappa shape index (κ2) is 2.62. The van der Waals surface area contributed by atoms with E-state index in [2.05, 4.69) is 9.64 Å². The topological polar surface area (TPSA) is 38.8 Å². The molecule has 3 saturated heterocycles. The van der Waals surface area contributed by atoms with Crippen LogP contribution < -0.4 is 0 Å². The van der Waals surface area contributed by atoms with E-state index in [-0.39, 0.29) is 5.60 Å². The van der Waals surface area contributed by atoms with Crippen molar-refractivity contribution < 1.29 is 14.3 Å². The Bertz CT molecular complexity index is 193. The van der Waals surface area contributed by atoms with Gasteiger partial charge >= 0.3 is 6.16 Å². The molecule has 3 rings (SSSR count). The standard InChI is InChI=1S/C8H13NO3/c1-11-7(10)12-8-3-2-4-9(5-8)6-8/h2-6H2,1H3. The van der Waals surface area contributed by atoms with Crippen molar-refractivity contribution in [3.63, 3.8) is 0 Å². The second-order valence-corrected chi connectivity index (χ2v) is 3.55. The second-order valence-electron chi connectivity index (χ2n) is 3.55. The van der Waals surface area contributed by atoms with Crippen molar-refractivity contribution in [1.29, 1.82) is 0 Å². The first-order chi connectivity index (χ1) is 5.74. The fraction of sp³-hybridized carbons (Fsp3) is 0.875. The summed E-state index contributed by atoms with van der Waals surface area (Å²) in [4.78, 5) is 13.1. The number of rotatable bonds is 1. The Morgan fingerprint density at radius 3 is 2.75 bits per heavy atom. The number of hydrogen-bond acceptors (Lipinski definition) is 4. The Kier molecular flexibility index (Phi) is 1.72. The minimum atomic E-state index is -0.545. The van der Waals surface area contributed by atoms with E-state index in [0.29, 0.717) is 0 Å². The normalized spacial score (nSPS) is 38.2. The zero-order chi connectivity index (χ0) is 8.60. The molecule has 12 heavy (non-hydrogen) atoms. The Morgan fingerprint density at radius 2 is 2.25 bits per heavy atom. The number of nitrogens with zero attached hydrogens (tertiary/aromatic N) is 1. The number of methoxy groups -OCH3 is 1. The molecule has 0 saturated carbocycles. The molecule has 0 radical (unpaired) electrons. The molecule has 2 bridgehead atoms. The molecule has 3 heterocycles. The third-order valence-corrected chi connectivity index (χ3v) is 2.60. The van der Waals surface area contributed by atoms with Crippen molar-refractivity contribution in [3.05, 3.63) is 0 Å². The maximum Gasteiger partial charge on any atom is 0.508 e. The van der Waals surface area contributed by atoms with Gasteiger partial charge in [0.25, 0.3) is 0 Å². The molecular weight excluding hydrogens is 158 g/mol. The van der Waals surface area contributed by atoms with Crippen molar-refractivity contribution in [2.45, 2.75) is 18.4 Å². The Morgan fingerprint density at radius 1 is 1.50 bits per heavy atom. The first-order valence-corrected chi connectivity index (χ1v) is 4.23. The van der Waals surface area contributed by atoms with E-state index in [4.69, 9.17) is 4.74 Å². The molecule has 0 amide bonds. The highest BCUT2D eigenvalue weighted by molar-refractivity contribution is 5.60. The quantitative estimate of drug-likeness (QED) is 0.542. The smallest absolute Gasteiger partial charge is 0.438 e. The van der Waals surface area contributed by atoms with Gasteiger partial charge in [-0.05, 0) is 19.4 Å². The molecule has 0 aliphatic carbocycles. The molecule has 3 fully saturated rings. The molecule has 0 N–H and O–H groups in total. The number of carbonyl (C=O) groups is 1. The monoisotopic (exact) mass is 171 g/mol. The minimum absolute atomic E-state index is 0.203. The van der Waals surface area contributed by atoms with Crippen LogP contribution in [0.4, 0.5) is 4.79 Å². The van der Waals surface area contributed by atoms with Gasteiger partial charge in [-0.15, -0.1) is 0 Å². The zero-order valence-corrected chi connectivity index (χ0v) is 7.21. The molecule has 68 valence electrons. The SMILES string of the molecule is COC(=O)OC12CCCN(C1)C2. The molecule has 3 aliphatic rings. The predicted octanol–water partition coefficient (Wildman–Crippen LogP) is 0.618. The molecule has 0 unspecified atom stereocenters. The van der Waals surface area contributed by atoms with Gasteiger partial charge in [0.05, 0.1) is 7.11 Å². The molecule has 0 aromatic rings. The van der Waals surface area contributed by atoms with Gasteiger partial charge in [-0.1, -0.05) is 0 Å². The number of ether oxygens (including phenoxy) is 2. The van der Waals surface area contributed by atoms with Crippen molar-refractivity contribution in [1.82, 2.24) is 4.90 Å². The fourth-order valence-corrected chi connectivity index (χ4v) is 2.04. The summed E-state index contributed by atoms with van der Waals surface area (Å²) in [5, 5.41) is 0. The van der Waals surface area contributed by atoms with Crippen LogP contribution in [0.15, 0.2) is 0 Å². The molecule has 0 aromatic carbocycles. The lowest BCUT2D eigenvalue weighted by Gasteiger charge is -2.52. The molecule has 4 nitrogen and oxygen atoms in total. The molecular formula is C8H13NO3. The lowest BCUT2D eigenvalue weighted by molar-refractivity contribution is -0.147. The molecule has 0 spiro atoms. The van der Waals surface area contributed by atoms with E-state index >= 15 is 0 Å². The summed E-state index contributed by atoms with van der Waals surface area (Å²) >= 11 is 0. The summed E-state index contributed by atoms with van der Waals surface area (Å²) in [6.07, 6.45) is 1.56. The van der Waals surface area contributed by atoms with Crippen molar-refractivity contribution in [2.75, 3.05) is 26.7 Å². The molecule has 0 atom stereocenters. The largest absolute Gasteiger partial charge is 0.508 e. The first kappa shape index (κ1) is 7.86. The van der Waals surface area contributed by atoms with Gasteiger partial charge < -0.3 is 9.47 Å². The Hall–Kier alpha value is -0.770. The van der Waals surface area contributed by atoms with E-state index in [1.54, 1.807) is 0 Å². The molecule has 4 heteroatoms. The number of fused-ring (bicyclic) bond motifs is 2. The summed E-state index contributed by atoms with van der Waals surface area (Å²) in [7, 11) is 1.35. The maximum atomic E-state index is 10.8. The summed E-state index contributed by atoms with van der Waals surface area (Å²) < 4.78 is 9.65. The van der Waals surface area contributed by atoms with Gasteiger partial charge in [0.2, 0.25) is 0 Å². The van der Waals surface area contributed by atoms with Gasteiger partial charge in [0.1, 0.15) is 5.60 Å². The summed E-state index contributed by atoms with van der Waals surface area (Å²) in [6.45, 7) is 2.93. The van der Waals surface area contributed by atoms with Crippen LogP contribution >= 0.6 is 0 Å². The van der Waals surface area contributed by atoms with Crippen LogP contribution in [0.2, 0.25) is 0 Å². The Balaban J connectivity index is 1.91. The van der Waals surface area contributed by atoms with Crippen LogP contribution in [0.3, 0.4) is 0 Å². The third kappa shape index (κ3) is 1.16. The van der Waals surface area contributed by atoms with E-state index < -0.39 is 6.16 Å². The molecule has 0 aromatic heterocycles. The van der Waals surface area contributed by atoms with Gasteiger partial charge in [-0.2, -0.15) is 0 Å². The van der Waals surface area contributed by atoms with Crippen LogP contribution in [0, 0.1) is 0 Å². The average Bonchev–Trinajstić information content (AvgIpc) is 2.03. The van der Waals surface area contributed by atoms with Crippen LogP contribution in [0.1, 0.15) is 12.8 Å². The highest BCUT2D eigenvalue weighted by Crippen LogP contribution is 2.35. The minimum Gasteiger partial charge on any atom is -0.438 e. The van der Waals surface area contributed by atoms with Gasteiger partial charge in [-0.25, -0.2) is 4.79 Å². The van der Waals surface area contributed by atoms with E-state index in [1.807, 2.05) is 0 Å². The molecule has 3 aliphatic heterocycles. The first-order valence-electron chi connectivity index (χ1n) is 4.23. The number of piperidine rings is 2. The van der Waals surface area contributed by atoms with Crippen molar-refractivity contribution >= 4 is 6.16 Å². The highest BCUT2D eigenvalue weighted by Gasteiger charge is 2.49. The Labute approximate surface area is 71.4 Å². The van der Waals surface area contributed by atoms with Crippen LogP contribution in [0.5, 0.6) is 0 Å². The number of carbonyl (C=O) groups excluding carboxylic acids is 1. The van der Waals surface area contributed by atoms with Crippen LogP contribution in [0.25, 0.3) is 0 Å². The van der Waals surface area contributed by atoms with E-state index in [1.165, 1.54) is 7.11 Å². The summed E-state index contributed by atoms with van der Waals surface area (Å²) in [5.74, 6) is 0. The fourth-order valence-electron chi connectivity index (χ4n) is 2.04. The van der Waals surface area contributed by atoms with Crippen LogP contribution in [-0.2, 0) is 9.47 Å². The van der Waals surface area contributed by atoms with E-state index in [9.17, 15) is 4.79 Å². The van der Waals surface area contributed by atoms with Crippen LogP contribution in [-0.4, -0.2) is 43.4 Å². The van der Waals surface area contributed by atoms with Gasteiger partial charge in [0, 0.05) is 13.1 Å². The lowest BCUT2D eigenvalue weighted by Crippen LogP contribution is -2.67. The maximum absolute atomic E-state index is 10.8. The number of hydrogen-bond donors (Lipinski definition) is 0. The lowest BCUT2D eigenvalue weighted by atomic mass is 9.84. The van der Waals surface area contributed by atoms with Gasteiger partial charge in [-0.3, -0.25) is 4.90 Å². The van der Waals surface area contributed by atoms with Crippen molar-refractivity contribution in [2.24, 2.45) is 0 Å². The van der Waals surface area contributed by atoms with Gasteiger partial charge in [0.15, 0.2) is 0 Å². The highest BCUT2D eigenvalue weighted by atomic mass is 16.7. The zero-order valence-electron chi connectivity index (χ0n) is 7.21. The van der Waals surface area contributed by atoms with E-state index in [0.717, 1.165) is 32.5 Å². The van der Waals surface area contributed by atoms with Crippen molar-refractivity contribution in [3.8, 4) is 0 Å². The average molecular weight is 171 g/mol. The summed E-state index contributed by atoms with van der Waals surface area (Å²) in [6, 6.07) is 0. The predicted molar refractivity (Wildman–Crippen MR) is 41.9 cm³/mol.